The van der Waals surface area contributed by atoms with Crippen molar-refractivity contribution in [2.75, 3.05) is 6.61 Å². The van der Waals surface area contributed by atoms with Gasteiger partial charge in [0, 0.05) is 16.8 Å². The van der Waals surface area contributed by atoms with E-state index in [1.54, 1.807) is 24.3 Å². The third-order valence-electron chi connectivity index (χ3n) is 2.38. The van der Waals surface area contributed by atoms with Crippen molar-refractivity contribution in [2.24, 2.45) is 0 Å². The molecule has 0 radical (unpaired) electrons. The predicted molar refractivity (Wildman–Crippen MR) is 66.1 cm³/mol. The zero-order chi connectivity index (χ0) is 13.0. The number of rotatable bonds is 4. The average Bonchev–Trinajstić information content (AvgIpc) is 2.38. The third-order valence-corrected chi connectivity index (χ3v) is 2.64. The maximum atomic E-state index is 13.3. The first-order valence-electron chi connectivity index (χ1n) is 5.32. The molecule has 0 spiro atoms. The van der Waals surface area contributed by atoms with Crippen LogP contribution in [0.5, 0.6) is 5.75 Å². The maximum Gasteiger partial charge on any atom is 0.147 e. The summed E-state index contributed by atoms with van der Waals surface area (Å²) in [5.41, 5.74) is 0.166. The van der Waals surface area contributed by atoms with Crippen LogP contribution in [0.15, 0.2) is 42.7 Å². The van der Waals surface area contributed by atoms with Crippen LogP contribution in [0.25, 0.3) is 0 Å². The van der Waals surface area contributed by atoms with E-state index in [-0.39, 0.29) is 12.2 Å². The van der Waals surface area contributed by atoms with Crippen LogP contribution in [0.2, 0.25) is 5.02 Å². The van der Waals surface area contributed by atoms with Gasteiger partial charge in [-0.15, -0.1) is 0 Å². The molecule has 94 valence electrons. The Morgan fingerprint density at radius 1 is 1.28 bits per heavy atom. The smallest absolute Gasteiger partial charge is 0.147 e. The zero-order valence-electron chi connectivity index (χ0n) is 9.38. The number of ether oxygens (including phenoxy) is 1. The van der Waals surface area contributed by atoms with Crippen LogP contribution in [-0.2, 0) is 0 Å². The molecule has 0 aliphatic rings. The summed E-state index contributed by atoms with van der Waals surface area (Å²) >= 11 is 5.73. The largest absolute Gasteiger partial charge is 0.491 e. The Kier molecular flexibility index (Phi) is 4.12. The summed E-state index contributed by atoms with van der Waals surface area (Å²) in [5.74, 6) is 0.0117. The Balaban J connectivity index is 1.98. The Hall–Kier alpha value is -1.65. The van der Waals surface area contributed by atoms with Crippen LogP contribution in [0, 0.1) is 5.82 Å². The van der Waals surface area contributed by atoms with Gasteiger partial charge in [-0.2, -0.15) is 0 Å². The quantitative estimate of drug-likeness (QED) is 0.926. The fourth-order valence-corrected chi connectivity index (χ4v) is 1.58. The molecular weight excluding hydrogens is 257 g/mol. The summed E-state index contributed by atoms with van der Waals surface area (Å²) in [7, 11) is 0. The Morgan fingerprint density at radius 3 is 2.67 bits per heavy atom. The highest BCUT2D eigenvalue weighted by molar-refractivity contribution is 6.30. The lowest BCUT2D eigenvalue weighted by molar-refractivity contribution is 0.105. The first-order chi connectivity index (χ1) is 8.66. The van der Waals surface area contributed by atoms with Gasteiger partial charge < -0.3 is 9.84 Å². The van der Waals surface area contributed by atoms with Gasteiger partial charge in [-0.3, -0.25) is 4.98 Å². The number of hydrogen-bond acceptors (Lipinski definition) is 3. The van der Waals surface area contributed by atoms with E-state index in [0.717, 1.165) is 6.20 Å². The zero-order valence-corrected chi connectivity index (χ0v) is 10.1. The lowest BCUT2D eigenvalue weighted by atomic mass is 10.1. The van der Waals surface area contributed by atoms with Crippen molar-refractivity contribution in [3.05, 3.63) is 59.1 Å². The van der Waals surface area contributed by atoms with Gasteiger partial charge in [-0.1, -0.05) is 11.6 Å². The van der Waals surface area contributed by atoms with Crippen LogP contribution in [0.1, 0.15) is 11.7 Å². The van der Waals surface area contributed by atoms with E-state index >= 15 is 0 Å². The van der Waals surface area contributed by atoms with E-state index in [2.05, 4.69) is 4.98 Å². The molecule has 1 aromatic carbocycles. The van der Waals surface area contributed by atoms with Crippen molar-refractivity contribution < 1.29 is 14.2 Å². The van der Waals surface area contributed by atoms with E-state index in [1.807, 2.05) is 0 Å². The van der Waals surface area contributed by atoms with E-state index < -0.39 is 11.9 Å². The monoisotopic (exact) mass is 267 g/mol. The van der Waals surface area contributed by atoms with Gasteiger partial charge in [0.25, 0.3) is 0 Å². The number of aliphatic hydroxyl groups is 1. The summed E-state index contributed by atoms with van der Waals surface area (Å²) in [4.78, 5) is 3.61. The van der Waals surface area contributed by atoms with Crippen LogP contribution in [0.4, 0.5) is 4.39 Å². The topological polar surface area (TPSA) is 42.4 Å². The van der Waals surface area contributed by atoms with Gasteiger partial charge in [-0.25, -0.2) is 4.39 Å². The number of pyridine rings is 1. The molecule has 0 aliphatic heterocycles. The highest BCUT2D eigenvalue weighted by Crippen LogP contribution is 2.19. The van der Waals surface area contributed by atoms with E-state index in [9.17, 15) is 9.50 Å². The molecule has 0 bridgehead atoms. The molecule has 0 aliphatic carbocycles. The fraction of sp³-hybridized carbons (Fsp3) is 0.154. The molecule has 3 nitrogen and oxygen atoms in total. The molecule has 2 rings (SSSR count). The molecule has 5 heteroatoms. The van der Waals surface area contributed by atoms with Crippen molar-refractivity contribution in [3.8, 4) is 5.75 Å². The number of nitrogens with zero attached hydrogens (tertiary/aromatic N) is 1. The second-order valence-corrected chi connectivity index (χ2v) is 4.11. The van der Waals surface area contributed by atoms with Gasteiger partial charge in [0.05, 0.1) is 6.20 Å². The molecule has 1 N–H and O–H groups in total. The van der Waals surface area contributed by atoms with E-state index in [0.29, 0.717) is 10.8 Å². The minimum atomic E-state index is -1.04. The van der Waals surface area contributed by atoms with Crippen molar-refractivity contribution >= 4 is 11.6 Å². The highest BCUT2D eigenvalue weighted by atomic mass is 35.5. The minimum Gasteiger partial charge on any atom is -0.491 e. The molecule has 0 saturated carbocycles. The first-order valence-corrected chi connectivity index (χ1v) is 5.70. The van der Waals surface area contributed by atoms with Gasteiger partial charge >= 0.3 is 0 Å². The second-order valence-electron chi connectivity index (χ2n) is 3.68. The van der Waals surface area contributed by atoms with Crippen LogP contribution >= 0.6 is 11.6 Å². The lowest BCUT2D eigenvalue weighted by Crippen LogP contribution is -2.11. The fourth-order valence-electron chi connectivity index (χ4n) is 1.45. The number of aromatic nitrogens is 1. The predicted octanol–water partition coefficient (Wildman–Crippen LogP) is 2.99. The number of hydrogen-bond donors (Lipinski definition) is 1. The van der Waals surface area contributed by atoms with Gasteiger partial charge in [0.2, 0.25) is 0 Å². The minimum absolute atomic E-state index is 0.0391. The molecule has 1 atom stereocenters. The summed E-state index contributed by atoms with van der Waals surface area (Å²) in [6.07, 6.45) is 1.44. The number of halogens is 2. The molecule has 0 fully saturated rings. The summed E-state index contributed by atoms with van der Waals surface area (Å²) in [6.45, 7) is -0.0391. The highest BCUT2D eigenvalue weighted by Gasteiger charge is 2.13. The number of benzene rings is 1. The van der Waals surface area contributed by atoms with Crippen molar-refractivity contribution in [1.29, 1.82) is 0 Å². The maximum absolute atomic E-state index is 13.3. The average molecular weight is 268 g/mol. The Bertz CT molecular complexity index is 519. The SMILES string of the molecule is OC(COc1ccc(Cl)cc1)c1ccncc1F. The van der Waals surface area contributed by atoms with Crippen LogP contribution < -0.4 is 4.74 Å². The van der Waals surface area contributed by atoms with Gasteiger partial charge in [0.1, 0.15) is 24.3 Å². The molecule has 1 unspecified atom stereocenters. The van der Waals surface area contributed by atoms with Gasteiger partial charge in [0.15, 0.2) is 0 Å². The van der Waals surface area contributed by atoms with Gasteiger partial charge in [-0.05, 0) is 30.3 Å². The van der Waals surface area contributed by atoms with E-state index in [4.69, 9.17) is 16.3 Å². The third kappa shape index (κ3) is 3.18. The Morgan fingerprint density at radius 2 is 2.00 bits per heavy atom. The molecular formula is C13H11ClFNO2. The molecule has 1 aromatic heterocycles. The summed E-state index contributed by atoms with van der Waals surface area (Å²) < 4.78 is 18.7. The van der Waals surface area contributed by atoms with Crippen LogP contribution in [-0.4, -0.2) is 16.7 Å². The molecule has 0 amide bonds. The summed E-state index contributed by atoms with van der Waals surface area (Å²) in [6, 6.07) is 8.13. The standard InChI is InChI=1S/C13H11ClFNO2/c14-9-1-3-10(4-2-9)18-8-13(17)11-5-6-16-7-12(11)15/h1-7,13,17H,8H2. The van der Waals surface area contributed by atoms with Crippen molar-refractivity contribution in [2.45, 2.75) is 6.10 Å². The lowest BCUT2D eigenvalue weighted by Gasteiger charge is -2.13. The molecule has 1 heterocycles. The summed E-state index contributed by atoms with van der Waals surface area (Å²) in [5, 5.41) is 10.4. The van der Waals surface area contributed by atoms with Crippen LogP contribution in [0.3, 0.4) is 0 Å². The number of aliphatic hydroxyl groups excluding tert-OH is 1. The van der Waals surface area contributed by atoms with Crippen molar-refractivity contribution in [3.63, 3.8) is 0 Å². The molecule has 18 heavy (non-hydrogen) atoms. The normalized spacial score (nSPS) is 12.2. The Labute approximate surface area is 109 Å². The van der Waals surface area contributed by atoms with Crippen molar-refractivity contribution in [1.82, 2.24) is 4.98 Å². The molecule has 2 aromatic rings. The molecule has 0 saturated heterocycles. The first kappa shape index (κ1) is 12.8. The second kappa shape index (κ2) is 5.80. The van der Waals surface area contributed by atoms with E-state index in [1.165, 1.54) is 12.3 Å².